The van der Waals surface area contributed by atoms with Gasteiger partial charge < -0.3 is 9.84 Å². The summed E-state index contributed by atoms with van der Waals surface area (Å²) < 4.78 is 28.2. The molecule has 0 spiro atoms. The Hall–Kier alpha value is -0.880. The normalized spacial score (nSPS) is 15.6. The summed E-state index contributed by atoms with van der Waals surface area (Å²) in [6, 6.07) is -0.0723. The topological polar surface area (TPSA) is 72.2 Å². The molecule has 0 aliphatic heterocycles. The van der Waals surface area contributed by atoms with Gasteiger partial charge >= 0.3 is 0 Å². The molecule has 0 aliphatic rings. The fraction of sp³-hybridized carbons (Fsp3) is 0.750. The molecule has 1 N–H and O–H groups in total. The average Bonchev–Trinajstić information content (AvgIpc) is 2.57. The number of hydrogen-bond donors (Lipinski definition) is 1. The van der Waals surface area contributed by atoms with E-state index in [4.69, 9.17) is 4.52 Å². The van der Waals surface area contributed by atoms with Gasteiger partial charge in [-0.3, -0.25) is 0 Å². The van der Waals surface area contributed by atoms with E-state index in [0.29, 0.717) is 0 Å². The van der Waals surface area contributed by atoms with Gasteiger partial charge in [0.25, 0.3) is 0 Å². The van der Waals surface area contributed by atoms with Gasteiger partial charge in [0.15, 0.2) is 9.84 Å². The highest BCUT2D eigenvalue weighted by Crippen LogP contribution is 2.21. The van der Waals surface area contributed by atoms with Crippen LogP contribution in [0.5, 0.6) is 0 Å². The van der Waals surface area contributed by atoms with Crippen LogP contribution >= 0.6 is 0 Å². The highest BCUT2D eigenvalue weighted by Gasteiger charge is 2.20. The van der Waals surface area contributed by atoms with Crippen molar-refractivity contribution < 1.29 is 12.9 Å². The summed E-state index contributed by atoms with van der Waals surface area (Å²) >= 11 is 0. The van der Waals surface area contributed by atoms with E-state index in [1.807, 2.05) is 27.7 Å². The number of aromatic nitrogens is 1. The monoisotopic (exact) mass is 274 g/mol. The van der Waals surface area contributed by atoms with Crippen molar-refractivity contribution in [1.29, 1.82) is 0 Å². The highest BCUT2D eigenvalue weighted by atomic mass is 32.2. The minimum absolute atomic E-state index is 0.0262. The molecule has 0 bridgehead atoms. The Kier molecular flexibility index (Phi) is 4.92. The fourth-order valence-corrected chi connectivity index (χ4v) is 3.26. The van der Waals surface area contributed by atoms with Crippen LogP contribution in [0.15, 0.2) is 4.52 Å². The molecular formula is C12H22N2O3S. The van der Waals surface area contributed by atoms with E-state index in [-0.39, 0.29) is 23.6 Å². The lowest BCUT2D eigenvalue weighted by Crippen LogP contribution is -2.35. The number of aryl methyl sites for hydroxylation is 2. The van der Waals surface area contributed by atoms with Crippen molar-refractivity contribution in [3.63, 3.8) is 0 Å². The molecule has 1 heterocycles. The van der Waals surface area contributed by atoms with Crippen molar-refractivity contribution in [1.82, 2.24) is 10.5 Å². The minimum atomic E-state index is -2.95. The minimum Gasteiger partial charge on any atom is -0.361 e. The lowest BCUT2D eigenvalue weighted by atomic mass is 10.1. The van der Waals surface area contributed by atoms with Gasteiger partial charge in [-0.25, -0.2) is 8.42 Å². The quantitative estimate of drug-likeness (QED) is 0.856. The molecule has 0 saturated heterocycles. The summed E-state index contributed by atoms with van der Waals surface area (Å²) in [5.41, 5.74) is 1.86. The first kappa shape index (κ1) is 15.2. The molecule has 0 aliphatic carbocycles. The predicted octanol–water partition coefficient (Wildman–Crippen LogP) is 1.77. The van der Waals surface area contributed by atoms with Crippen LogP contribution in [0.25, 0.3) is 0 Å². The Bertz CT molecular complexity index is 474. The standard InChI is InChI=1S/C12H22N2O3S/c1-6-18(15,16)7-8(2)13-9(3)12-10(4)14-17-11(12)5/h8-9,13H,6-7H2,1-5H3. The van der Waals surface area contributed by atoms with Crippen LogP contribution in [0.4, 0.5) is 0 Å². The molecule has 6 heteroatoms. The zero-order valence-corrected chi connectivity index (χ0v) is 12.5. The summed E-state index contributed by atoms with van der Waals surface area (Å²) in [6.07, 6.45) is 0. The summed E-state index contributed by atoms with van der Waals surface area (Å²) in [7, 11) is -2.95. The number of nitrogens with one attached hydrogen (secondary N) is 1. The third-order valence-electron chi connectivity index (χ3n) is 3.00. The SMILES string of the molecule is CCS(=O)(=O)CC(C)NC(C)c1c(C)noc1C. The molecule has 2 atom stereocenters. The van der Waals surface area contributed by atoms with Gasteiger partial charge in [-0.1, -0.05) is 12.1 Å². The molecule has 0 saturated carbocycles. The molecular weight excluding hydrogens is 252 g/mol. The molecule has 0 radical (unpaired) electrons. The first-order valence-electron chi connectivity index (χ1n) is 6.16. The Labute approximate surface area is 109 Å². The third kappa shape index (κ3) is 3.81. The number of sulfone groups is 1. The molecule has 0 fully saturated rings. The zero-order chi connectivity index (χ0) is 13.9. The van der Waals surface area contributed by atoms with Crippen molar-refractivity contribution in [3.05, 3.63) is 17.0 Å². The Balaban J connectivity index is 2.68. The number of rotatable bonds is 6. The smallest absolute Gasteiger partial charge is 0.151 e. The largest absolute Gasteiger partial charge is 0.361 e. The van der Waals surface area contributed by atoms with E-state index < -0.39 is 9.84 Å². The third-order valence-corrected chi connectivity index (χ3v) is 4.89. The van der Waals surface area contributed by atoms with Gasteiger partial charge in [0.1, 0.15) is 5.76 Å². The molecule has 104 valence electrons. The zero-order valence-electron chi connectivity index (χ0n) is 11.6. The first-order chi connectivity index (χ1) is 8.26. The van der Waals surface area contributed by atoms with Crippen LogP contribution in [0, 0.1) is 13.8 Å². The molecule has 0 amide bonds. The Morgan fingerprint density at radius 3 is 2.39 bits per heavy atom. The Morgan fingerprint density at radius 2 is 1.94 bits per heavy atom. The number of nitrogens with zero attached hydrogens (tertiary/aromatic N) is 1. The molecule has 5 nitrogen and oxygen atoms in total. The Morgan fingerprint density at radius 1 is 1.33 bits per heavy atom. The second-order valence-electron chi connectivity index (χ2n) is 4.73. The average molecular weight is 274 g/mol. The van der Waals surface area contributed by atoms with Crippen molar-refractivity contribution in [2.24, 2.45) is 0 Å². The van der Waals surface area contributed by atoms with Crippen LogP contribution in [0.1, 0.15) is 43.8 Å². The first-order valence-corrected chi connectivity index (χ1v) is 7.98. The fourth-order valence-electron chi connectivity index (χ4n) is 2.17. The van der Waals surface area contributed by atoms with Gasteiger partial charge in [0.2, 0.25) is 0 Å². The maximum Gasteiger partial charge on any atom is 0.151 e. The van der Waals surface area contributed by atoms with Gasteiger partial charge in [-0.05, 0) is 27.7 Å². The lowest BCUT2D eigenvalue weighted by Gasteiger charge is -2.19. The maximum atomic E-state index is 11.5. The van der Waals surface area contributed by atoms with Crippen LogP contribution in [-0.2, 0) is 9.84 Å². The summed E-state index contributed by atoms with van der Waals surface area (Å²) in [6.45, 7) is 9.28. The predicted molar refractivity (Wildman–Crippen MR) is 71.3 cm³/mol. The highest BCUT2D eigenvalue weighted by molar-refractivity contribution is 7.91. The van der Waals surface area contributed by atoms with Gasteiger partial charge in [0.05, 0.1) is 11.4 Å². The van der Waals surface area contributed by atoms with Crippen molar-refractivity contribution in [3.8, 4) is 0 Å². The summed E-state index contributed by atoms with van der Waals surface area (Å²) in [4.78, 5) is 0. The maximum absolute atomic E-state index is 11.5. The van der Waals surface area contributed by atoms with E-state index in [1.54, 1.807) is 6.92 Å². The second-order valence-corrected chi connectivity index (χ2v) is 7.12. The van der Waals surface area contributed by atoms with Gasteiger partial charge in [-0.2, -0.15) is 0 Å². The van der Waals surface area contributed by atoms with E-state index in [2.05, 4.69) is 10.5 Å². The molecule has 1 aromatic rings. The van der Waals surface area contributed by atoms with Crippen molar-refractivity contribution in [2.75, 3.05) is 11.5 Å². The van der Waals surface area contributed by atoms with Crippen LogP contribution in [-0.4, -0.2) is 31.1 Å². The van der Waals surface area contributed by atoms with Crippen molar-refractivity contribution in [2.45, 2.75) is 46.7 Å². The lowest BCUT2D eigenvalue weighted by molar-refractivity contribution is 0.389. The molecule has 1 rings (SSSR count). The van der Waals surface area contributed by atoms with Crippen LogP contribution in [0.2, 0.25) is 0 Å². The molecule has 18 heavy (non-hydrogen) atoms. The molecule has 1 aromatic heterocycles. The number of hydrogen-bond acceptors (Lipinski definition) is 5. The van der Waals surface area contributed by atoms with Gasteiger partial charge in [0, 0.05) is 23.4 Å². The van der Waals surface area contributed by atoms with Gasteiger partial charge in [-0.15, -0.1) is 0 Å². The van der Waals surface area contributed by atoms with E-state index in [9.17, 15) is 8.42 Å². The molecule has 0 aromatic carbocycles. The van der Waals surface area contributed by atoms with Crippen LogP contribution in [0.3, 0.4) is 0 Å². The van der Waals surface area contributed by atoms with E-state index >= 15 is 0 Å². The summed E-state index contributed by atoms with van der Waals surface area (Å²) in [5, 5.41) is 7.18. The summed E-state index contributed by atoms with van der Waals surface area (Å²) in [5.74, 6) is 1.11. The van der Waals surface area contributed by atoms with Crippen molar-refractivity contribution >= 4 is 9.84 Å². The molecule has 2 unspecified atom stereocenters. The van der Waals surface area contributed by atoms with E-state index in [1.165, 1.54) is 0 Å². The van der Waals surface area contributed by atoms with Crippen LogP contribution < -0.4 is 5.32 Å². The second kappa shape index (κ2) is 5.84. The van der Waals surface area contributed by atoms with E-state index in [0.717, 1.165) is 17.0 Å².